The summed E-state index contributed by atoms with van der Waals surface area (Å²) in [5, 5.41) is 4.58. The predicted molar refractivity (Wildman–Crippen MR) is 312 cm³/mol. The molecule has 2 heteroatoms. The molecular weight excluding hydrogens is 897 g/mol. The summed E-state index contributed by atoms with van der Waals surface area (Å²) in [6, 6.07) is 72.9. The van der Waals surface area contributed by atoms with Gasteiger partial charge < -0.3 is 8.83 Å². The highest BCUT2D eigenvalue weighted by Gasteiger charge is 2.48. The first-order chi connectivity index (χ1) is 36.1. The van der Waals surface area contributed by atoms with Gasteiger partial charge in [-0.25, -0.2) is 0 Å². The Morgan fingerprint density at radius 2 is 0.770 bits per heavy atom. The summed E-state index contributed by atoms with van der Waals surface area (Å²) in [4.78, 5) is 0. The van der Waals surface area contributed by atoms with Gasteiger partial charge in [-0.1, -0.05) is 199 Å². The maximum atomic E-state index is 7.11. The molecule has 0 amide bonds. The molecule has 2 aliphatic carbocycles. The zero-order chi connectivity index (χ0) is 50.0. The fraction of sp³-hybridized carbons (Fsp3) is 0.0833. The van der Waals surface area contributed by atoms with E-state index in [0.29, 0.717) is 0 Å². The molecule has 0 unspecified atom stereocenters. The molecular formula is C72H52O2. The summed E-state index contributed by atoms with van der Waals surface area (Å²) in [7, 11) is 0. The second-order valence-corrected chi connectivity index (χ2v) is 21.2. The van der Waals surface area contributed by atoms with Gasteiger partial charge in [0.1, 0.15) is 22.3 Å². The van der Waals surface area contributed by atoms with Gasteiger partial charge in [-0.05, 0) is 161 Å². The molecule has 0 spiro atoms. The minimum absolute atomic E-state index is 0.395. The van der Waals surface area contributed by atoms with Crippen LogP contribution in [0.15, 0.2) is 240 Å². The molecule has 10 aromatic carbocycles. The molecule has 2 nitrogen and oxygen atoms in total. The number of benzene rings is 10. The van der Waals surface area contributed by atoms with Gasteiger partial charge in [0.15, 0.2) is 0 Å². The van der Waals surface area contributed by atoms with Crippen LogP contribution in [0, 0.1) is 0 Å². The topological polar surface area (TPSA) is 26.3 Å². The molecule has 0 atom stereocenters. The number of allylic oxidation sites excluding steroid dienone is 4. The van der Waals surface area contributed by atoms with E-state index in [1.54, 1.807) is 0 Å². The van der Waals surface area contributed by atoms with Crippen molar-refractivity contribution in [2.24, 2.45) is 0 Å². The highest BCUT2D eigenvalue weighted by Crippen LogP contribution is 2.63. The molecule has 0 aliphatic heterocycles. The molecule has 2 aromatic heterocycles. The van der Waals surface area contributed by atoms with Crippen molar-refractivity contribution in [3.63, 3.8) is 0 Å². The molecule has 0 saturated heterocycles. The van der Waals surface area contributed by atoms with Crippen LogP contribution in [0.25, 0.3) is 127 Å². The van der Waals surface area contributed by atoms with Gasteiger partial charge in [-0.2, -0.15) is 0 Å². The number of hydrogen-bond donors (Lipinski definition) is 0. The Hall–Kier alpha value is -8.98. The van der Waals surface area contributed by atoms with Gasteiger partial charge in [-0.15, -0.1) is 0 Å². The lowest BCUT2D eigenvalue weighted by molar-refractivity contribution is 0.601. The van der Waals surface area contributed by atoms with E-state index >= 15 is 0 Å². The lowest BCUT2D eigenvalue weighted by Gasteiger charge is -2.31. The number of hydrogen-bond acceptors (Lipinski definition) is 2. The third kappa shape index (κ3) is 6.37. The zero-order valence-electron chi connectivity index (χ0n) is 42.0. The third-order valence-corrected chi connectivity index (χ3v) is 16.3. The van der Waals surface area contributed by atoms with E-state index in [0.717, 1.165) is 83.0 Å². The van der Waals surface area contributed by atoms with Crippen molar-refractivity contribution >= 4 is 49.5 Å². The predicted octanol–water partition coefficient (Wildman–Crippen LogP) is 20.2. The highest BCUT2D eigenvalue weighted by molar-refractivity contribution is 6.21. The minimum atomic E-state index is -0.402. The van der Waals surface area contributed by atoms with E-state index in [1.807, 2.05) is 18.2 Å². The average Bonchev–Trinajstić information content (AvgIpc) is 4.15. The van der Waals surface area contributed by atoms with Crippen LogP contribution in [0.2, 0.25) is 0 Å². The summed E-state index contributed by atoms with van der Waals surface area (Å²) in [5.41, 5.74) is 26.6. The van der Waals surface area contributed by atoms with E-state index in [-0.39, 0.29) is 0 Å². The zero-order valence-corrected chi connectivity index (χ0v) is 42.0. The van der Waals surface area contributed by atoms with Gasteiger partial charge in [-0.3, -0.25) is 0 Å². The van der Waals surface area contributed by atoms with Crippen molar-refractivity contribution in [1.82, 2.24) is 0 Å². The van der Waals surface area contributed by atoms with Crippen LogP contribution in [0.3, 0.4) is 0 Å². The minimum Gasteiger partial charge on any atom is -0.455 e. The molecule has 14 rings (SSSR count). The second kappa shape index (κ2) is 16.3. The van der Waals surface area contributed by atoms with E-state index in [4.69, 9.17) is 8.83 Å². The van der Waals surface area contributed by atoms with Crippen molar-refractivity contribution < 1.29 is 8.83 Å². The van der Waals surface area contributed by atoms with E-state index in [9.17, 15) is 0 Å². The SMILES string of the molecule is C=C/C=C(\C=C)c1cc(-c2ccccc2)cc(-c2cc3c(c4c2oc2ccccc24)-c2ccc4c(c2C3(C)C)C(C)(C)c2cc(-c3cc(-c5ccccc5)cc(-c5ccccc5)c3)c3oc5ccccc5c3c2-4)c1. The van der Waals surface area contributed by atoms with Crippen LogP contribution >= 0.6 is 0 Å². The molecule has 12 aromatic rings. The standard InChI is InChI=1S/C72H52O2/c1-7-22-43(8-2)47-35-48(44-23-12-9-13-24-44)38-51(37-47)57-41-59-63(65-53-29-18-20-31-61(53)73-69(57)65)55-33-34-56-64-60(72(5,6)68(56)67(55)71(59,3)4)42-58(70-66(64)54-30-19-21-32-62(54)74-70)52-39-49(45-25-14-10-15-26-45)36-50(40-52)46-27-16-11-17-28-46/h7-42H,1-2H2,3-6H3/b43-22+. The maximum Gasteiger partial charge on any atom is 0.143 e. The number of furan rings is 2. The van der Waals surface area contributed by atoms with Crippen LogP contribution < -0.4 is 0 Å². The van der Waals surface area contributed by atoms with Crippen LogP contribution in [0.1, 0.15) is 55.5 Å². The van der Waals surface area contributed by atoms with E-state index in [1.165, 1.54) is 72.1 Å². The molecule has 2 heterocycles. The normalized spacial score (nSPS) is 14.1. The Labute approximate surface area is 431 Å². The van der Waals surface area contributed by atoms with Crippen molar-refractivity contribution in [2.45, 2.75) is 38.5 Å². The van der Waals surface area contributed by atoms with Crippen molar-refractivity contribution in [3.05, 3.63) is 259 Å². The maximum absolute atomic E-state index is 7.11. The third-order valence-electron chi connectivity index (χ3n) is 16.3. The van der Waals surface area contributed by atoms with Gasteiger partial charge in [0, 0.05) is 43.5 Å². The molecule has 0 bridgehead atoms. The number of fused-ring (bicyclic) bond motifs is 15. The summed E-state index contributed by atoms with van der Waals surface area (Å²) in [6.07, 6.45) is 5.79. The summed E-state index contributed by atoms with van der Waals surface area (Å²) >= 11 is 0. The monoisotopic (exact) mass is 948 g/mol. The average molecular weight is 949 g/mol. The number of rotatable bonds is 8. The number of para-hydroxylation sites is 2. The Morgan fingerprint density at radius 3 is 1.20 bits per heavy atom. The van der Waals surface area contributed by atoms with E-state index in [2.05, 4.69) is 241 Å². The first-order valence-electron chi connectivity index (χ1n) is 25.7. The molecule has 0 N–H and O–H groups in total. The van der Waals surface area contributed by atoms with Crippen LogP contribution in [0.4, 0.5) is 0 Å². The first kappa shape index (κ1) is 43.8. The van der Waals surface area contributed by atoms with Crippen molar-refractivity contribution in [1.29, 1.82) is 0 Å². The summed E-state index contributed by atoms with van der Waals surface area (Å²) in [5.74, 6) is 0. The van der Waals surface area contributed by atoms with Crippen molar-refractivity contribution in [3.8, 4) is 77.9 Å². The highest BCUT2D eigenvalue weighted by atomic mass is 16.3. The Balaban J connectivity index is 1.03. The quantitative estimate of drug-likeness (QED) is 0.142. The molecule has 74 heavy (non-hydrogen) atoms. The first-order valence-corrected chi connectivity index (χ1v) is 25.7. The smallest absolute Gasteiger partial charge is 0.143 e. The van der Waals surface area contributed by atoms with E-state index < -0.39 is 10.8 Å². The van der Waals surface area contributed by atoms with Crippen molar-refractivity contribution in [2.75, 3.05) is 0 Å². The summed E-state index contributed by atoms with van der Waals surface area (Å²) in [6.45, 7) is 18.1. The second-order valence-electron chi connectivity index (χ2n) is 21.2. The Morgan fingerprint density at radius 1 is 0.392 bits per heavy atom. The van der Waals surface area contributed by atoms with Gasteiger partial charge in [0.05, 0.1) is 0 Å². The van der Waals surface area contributed by atoms with Gasteiger partial charge >= 0.3 is 0 Å². The van der Waals surface area contributed by atoms with Crippen LogP contribution in [-0.2, 0) is 10.8 Å². The molecule has 0 radical (unpaired) electrons. The van der Waals surface area contributed by atoms with Gasteiger partial charge in [0.25, 0.3) is 0 Å². The van der Waals surface area contributed by atoms with Crippen LogP contribution in [0.5, 0.6) is 0 Å². The van der Waals surface area contributed by atoms with Gasteiger partial charge in [0.2, 0.25) is 0 Å². The fourth-order valence-corrected chi connectivity index (χ4v) is 12.9. The summed E-state index contributed by atoms with van der Waals surface area (Å²) < 4.78 is 14.2. The lowest BCUT2D eigenvalue weighted by Crippen LogP contribution is -2.24. The van der Waals surface area contributed by atoms with Crippen LogP contribution in [-0.4, -0.2) is 0 Å². The largest absolute Gasteiger partial charge is 0.455 e. The molecule has 2 aliphatic rings. The lowest BCUT2D eigenvalue weighted by atomic mass is 9.72. The molecule has 0 saturated carbocycles. The fourth-order valence-electron chi connectivity index (χ4n) is 12.9. The molecule has 0 fully saturated rings. The Bertz CT molecular complexity index is 4310. The molecule has 352 valence electrons. The Kier molecular flexibility index (Phi) is 9.62.